The Morgan fingerprint density at radius 2 is 2.06 bits per heavy atom. The number of pyridine rings is 1. The Hall–Kier alpha value is -3.42. The van der Waals surface area contributed by atoms with Gasteiger partial charge in [-0.1, -0.05) is 13.0 Å². The molecular weight excluding hydrogens is 412 g/mol. The third-order valence-corrected chi connectivity index (χ3v) is 6.08. The minimum absolute atomic E-state index is 0.0202. The number of ketones is 1. The summed E-state index contributed by atoms with van der Waals surface area (Å²) in [6, 6.07) is 7.27. The van der Waals surface area contributed by atoms with Gasteiger partial charge in [0.25, 0.3) is 6.43 Å². The lowest BCUT2D eigenvalue weighted by Gasteiger charge is -2.32. The van der Waals surface area contributed by atoms with E-state index >= 15 is 0 Å². The molecule has 0 spiro atoms. The molecule has 32 heavy (non-hydrogen) atoms. The number of nitrogens with zero attached hydrogens (tertiary/aromatic N) is 5. The summed E-state index contributed by atoms with van der Waals surface area (Å²) in [5.41, 5.74) is 4.86. The van der Waals surface area contributed by atoms with E-state index in [2.05, 4.69) is 10.1 Å². The maximum Gasteiger partial charge on any atom is 0.264 e. The standard InChI is InChI=1S/C24H23F2N5O/c1-3-20(32)23-22-15(11-27-23)6-7-21(29-22)31-8-4-5-14-9-17(16-12-28-30(2)13-16)18(24(25)26)10-19(14)31/h6-7,9-10,12-13,24H,3-5,8,11H2,1-2H3. The lowest BCUT2D eigenvalue weighted by Crippen LogP contribution is -2.26. The zero-order valence-corrected chi connectivity index (χ0v) is 18.0. The number of carbonyl (C=O) groups is 1. The number of alkyl halides is 2. The van der Waals surface area contributed by atoms with Gasteiger partial charge in [0.15, 0.2) is 5.78 Å². The zero-order valence-electron chi connectivity index (χ0n) is 18.0. The van der Waals surface area contributed by atoms with Crippen LogP contribution in [0.1, 0.15) is 48.6 Å². The Morgan fingerprint density at radius 3 is 2.78 bits per heavy atom. The van der Waals surface area contributed by atoms with Crippen molar-refractivity contribution in [3.8, 4) is 11.1 Å². The molecule has 5 rings (SSSR count). The Morgan fingerprint density at radius 1 is 1.22 bits per heavy atom. The van der Waals surface area contributed by atoms with Crippen molar-refractivity contribution < 1.29 is 13.6 Å². The van der Waals surface area contributed by atoms with Crippen LogP contribution in [0.4, 0.5) is 20.3 Å². The molecule has 0 unspecified atom stereocenters. The average Bonchev–Trinajstić information content (AvgIpc) is 3.43. The fraction of sp³-hybridized carbons (Fsp3) is 0.333. The molecule has 0 saturated heterocycles. The van der Waals surface area contributed by atoms with Crippen LogP contribution in [0.2, 0.25) is 0 Å². The summed E-state index contributed by atoms with van der Waals surface area (Å²) in [5, 5.41) is 4.14. The summed E-state index contributed by atoms with van der Waals surface area (Å²) in [7, 11) is 1.77. The fourth-order valence-electron chi connectivity index (χ4n) is 4.47. The van der Waals surface area contributed by atoms with Gasteiger partial charge in [-0.05, 0) is 42.2 Å². The summed E-state index contributed by atoms with van der Waals surface area (Å²) >= 11 is 0. The summed E-state index contributed by atoms with van der Waals surface area (Å²) in [5.74, 6) is 0.617. The van der Waals surface area contributed by atoms with Gasteiger partial charge in [0.1, 0.15) is 11.5 Å². The number of hydrogen-bond acceptors (Lipinski definition) is 5. The SMILES string of the molecule is CCC(=O)C1=NCc2ccc(N3CCCc4cc(-c5cnn(C)c5)c(C(F)F)cc43)nc21. The van der Waals surface area contributed by atoms with E-state index in [-0.39, 0.29) is 11.3 Å². The van der Waals surface area contributed by atoms with Crippen molar-refractivity contribution in [3.05, 3.63) is 59.0 Å². The minimum Gasteiger partial charge on any atom is -0.326 e. The van der Waals surface area contributed by atoms with Crippen LogP contribution in [0.5, 0.6) is 0 Å². The topological polar surface area (TPSA) is 63.4 Å². The van der Waals surface area contributed by atoms with Gasteiger partial charge in [0.05, 0.1) is 18.4 Å². The molecule has 8 heteroatoms. The van der Waals surface area contributed by atoms with Gasteiger partial charge in [0, 0.05) is 48.6 Å². The van der Waals surface area contributed by atoms with Crippen LogP contribution in [0, 0.1) is 0 Å². The minimum atomic E-state index is -2.62. The van der Waals surface area contributed by atoms with Crippen molar-refractivity contribution in [1.82, 2.24) is 14.8 Å². The van der Waals surface area contributed by atoms with E-state index in [0.717, 1.165) is 29.7 Å². The molecule has 0 saturated carbocycles. The number of anilines is 2. The Labute approximate surface area is 184 Å². The molecule has 6 nitrogen and oxygen atoms in total. The highest BCUT2D eigenvalue weighted by molar-refractivity contribution is 6.46. The van der Waals surface area contributed by atoms with Crippen LogP contribution in [0.3, 0.4) is 0 Å². The highest BCUT2D eigenvalue weighted by Gasteiger charge is 2.28. The quantitative estimate of drug-likeness (QED) is 0.578. The Balaban J connectivity index is 1.59. The van der Waals surface area contributed by atoms with Crippen LogP contribution in [-0.4, -0.2) is 32.8 Å². The zero-order chi connectivity index (χ0) is 22.4. The first-order valence-electron chi connectivity index (χ1n) is 10.8. The molecule has 0 radical (unpaired) electrons. The average molecular weight is 435 g/mol. The third kappa shape index (κ3) is 3.39. The van der Waals surface area contributed by atoms with Crippen LogP contribution in [-0.2, 0) is 24.8 Å². The van der Waals surface area contributed by atoms with E-state index in [1.165, 1.54) is 0 Å². The molecule has 3 aromatic rings. The number of aromatic nitrogens is 3. The van der Waals surface area contributed by atoms with Crippen molar-refractivity contribution in [2.24, 2.45) is 12.0 Å². The molecule has 0 atom stereocenters. The maximum absolute atomic E-state index is 14.1. The summed E-state index contributed by atoms with van der Waals surface area (Å²) in [6.45, 7) is 2.92. The van der Waals surface area contributed by atoms with Crippen LogP contribution >= 0.6 is 0 Å². The van der Waals surface area contributed by atoms with Gasteiger partial charge in [-0.25, -0.2) is 13.8 Å². The number of Topliss-reactive ketones (excluding diaryl/α,β-unsaturated/α-hetero) is 1. The van der Waals surface area contributed by atoms with Crippen molar-refractivity contribution in [2.75, 3.05) is 11.4 Å². The largest absolute Gasteiger partial charge is 0.326 e. The molecule has 0 amide bonds. The number of benzene rings is 1. The van der Waals surface area contributed by atoms with Crippen LogP contribution < -0.4 is 4.90 Å². The maximum atomic E-state index is 14.1. The molecule has 0 aliphatic carbocycles. The monoisotopic (exact) mass is 435 g/mol. The van der Waals surface area contributed by atoms with E-state index < -0.39 is 6.43 Å². The van der Waals surface area contributed by atoms with Gasteiger partial charge in [-0.2, -0.15) is 5.10 Å². The summed E-state index contributed by atoms with van der Waals surface area (Å²) in [6.07, 6.45) is 2.79. The normalized spacial score (nSPS) is 15.0. The lowest BCUT2D eigenvalue weighted by atomic mass is 9.93. The lowest BCUT2D eigenvalue weighted by molar-refractivity contribution is -0.112. The second kappa shape index (κ2) is 7.93. The highest BCUT2D eigenvalue weighted by Crippen LogP contribution is 2.41. The van der Waals surface area contributed by atoms with Crippen molar-refractivity contribution in [3.63, 3.8) is 0 Å². The first-order valence-corrected chi connectivity index (χ1v) is 10.8. The number of fused-ring (bicyclic) bond motifs is 2. The second-order valence-electron chi connectivity index (χ2n) is 8.15. The second-order valence-corrected chi connectivity index (χ2v) is 8.15. The molecule has 2 aliphatic rings. The number of carbonyl (C=O) groups excluding carboxylic acids is 1. The third-order valence-electron chi connectivity index (χ3n) is 6.08. The number of hydrogen-bond donors (Lipinski definition) is 0. The van der Waals surface area contributed by atoms with E-state index in [0.29, 0.717) is 47.9 Å². The molecule has 1 aromatic carbocycles. The Bertz CT molecular complexity index is 1250. The number of halogens is 2. The molecule has 164 valence electrons. The smallest absolute Gasteiger partial charge is 0.264 e. The molecule has 0 fully saturated rings. The van der Waals surface area contributed by atoms with Crippen molar-refractivity contribution in [1.29, 1.82) is 0 Å². The molecular formula is C24H23F2N5O. The Kier molecular flexibility index (Phi) is 5.07. The van der Waals surface area contributed by atoms with E-state index in [1.54, 1.807) is 37.1 Å². The van der Waals surface area contributed by atoms with Crippen LogP contribution in [0.25, 0.3) is 11.1 Å². The van der Waals surface area contributed by atoms with Crippen molar-refractivity contribution >= 4 is 23.0 Å². The van der Waals surface area contributed by atoms with Crippen LogP contribution in [0.15, 0.2) is 41.7 Å². The molecule has 0 bridgehead atoms. The van der Waals surface area contributed by atoms with Gasteiger partial charge < -0.3 is 4.90 Å². The summed E-state index contributed by atoms with van der Waals surface area (Å²) < 4.78 is 29.7. The van der Waals surface area contributed by atoms with Gasteiger partial charge in [-0.3, -0.25) is 14.5 Å². The summed E-state index contributed by atoms with van der Waals surface area (Å²) in [4.78, 5) is 23.4. The van der Waals surface area contributed by atoms with Crippen molar-refractivity contribution in [2.45, 2.75) is 39.2 Å². The van der Waals surface area contributed by atoms with Gasteiger partial charge in [-0.15, -0.1) is 0 Å². The van der Waals surface area contributed by atoms with E-state index in [9.17, 15) is 13.6 Å². The number of aryl methyl sites for hydroxylation is 2. The molecule has 4 heterocycles. The molecule has 0 N–H and O–H groups in total. The first-order chi connectivity index (χ1) is 15.5. The van der Waals surface area contributed by atoms with Gasteiger partial charge >= 0.3 is 0 Å². The van der Waals surface area contributed by atoms with E-state index in [4.69, 9.17) is 4.98 Å². The van der Waals surface area contributed by atoms with E-state index in [1.807, 2.05) is 23.1 Å². The fourth-order valence-corrected chi connectivity index (χ4v) is 4.47. The number of aliphatic imine (C=N–C) groups is 1. The first kappa shape index (κ1) is 20.5. The molecule has 2 aromatic heterocycles. The molecule has 2 aliphatic heterocycles. The number of rotatable bonds is 5. The predicted octanol–water partition coefficient (Wildman–Crippen LogP) is 4.79. The van der Waals surface area contributed by atoms with Gasteiger partial charge in [0.2, 0.25) is 0 Å². The highest BCUT2D eigenvalue weighted by atomic mass is 19.3. The predicted molar refractivity (Wildman–Crippen MR) is 119 cm³/mol.